The highest BCUT2D eigenvalue weighted by atomic mass is 16.5. The first kappa shape index (κ1) is 11.0. The molecule has 1 rings (SSSR count). The molecule has 4 heteroatoms. The van der Waals surface area contributed by atoms with Crippen LogP contribution in [0.25, 0.3) is 0 Å². The van der Waals surface area contributed by atoms with Crippen molar-refractivity contribution in [1.82, 2.24) is 5.32 Å². The molecule has 1 fully saturated rings. The minimum Gasteiger partial charge on any atom is -0.466 e. The second-order valence-electron chi connectivity index (χ2n) is 3.25. The standard InChI is InChI=1S/C10H17NO3/c1-13-10(12)5-6-11-8-9-4-2-3-7-14-9/h5-6,9,11H,2-4,7-8H2,1H3/b6-5+. The third-order valence-corrected chi connectivity index (χ3v) is 2.16. The lowest BCUT2D eigenvalue weighted by Gasteiger charge is -2.22. The normalized spacial score (nSPS) is 22.2. The highest BCUT2D eigenvalue weighted by molar-refractivity contribution is 5.81. The summed E-state index contributed by atoms with van der Waals surface area (Å²) in [6, 6.07) is 0. The van der Waals surface area contributed by atoms with E-state index in [1.54, 1.807) is 6.20 Å². The molecule has 0 bridgehead atoms. The Balaban J connectivity index is 2.07. The van der Waals surface area contributed by atoms with Crippen LogP contribution in [0.15, 0.2) is 12.3 Å². The van der Waals surface area contributed by atoms with Crippen LogP contribution in [0.5, 0.6) is 0 Å². The summed E-state index contributed by atoms with van der Waals surface area (Å²) in [7, 11) is 1.36. The lowest BCUT2D eigenvalue weighted by molar-refractivity contribution is -0.134. The zero-order valence-electron chi connectivity index (χ0n) is 8.49. The Morgan fingerprint density at radius 3 is 3.14 bits per heavy atom. The van der Waals surface area contributed by atoms with Gasteiger partial charge in [-0.2, -0.15) is 0 Å². The molecule has 0 aromatic rings. The zero-order valence-corrected chi connectivity index (χ0v) is 8.49. The molecular formula is C10H17NO3. The lowest BCUT2D eigenvalue weighted by atomic mass is 10.1. The van der Waals surface area contributed by atoms with Gasteiger partial charge in [0.05, 0.1) is 13.2 Å². The fraction of sp³-hybridized carbons (Fsp3) is 0.700. The minimum absolute atomic E-state index is 0.283. The molecule has 14 heavy (non-hydrogen) atoms. The molecule has 0 aromatic heterocycles. The average Bonchev–Trinajstić information content (AvgIpc) is 2.25. The second kappa shape index (κ2) is 6.43. The van der Waals surface area contributed by atoms with Gasteiger partial charge in [0, 0.05) is 25.4 Å². The van der Waals surface area contributed by atoms with Gasteiger partial charge in [0.25, 0.3) is 0 Å². The molecule has 0 amide bonds. The molecule has 0 radical (unpaired) electrons. The summed E-state index contributed by atoms with van der Waals surface area (Å²) in [4.78, 5) is 10.7. The number of carbonyl (C=O) groups excluding carboxylic acids is 1. The molecule has 1 N–H and O–H groups in total. The van der Waals surface area contributed by atoms with Gasteiger partial charge in [-0.1, -0.05) is 0 Å². The van der Waals surface area contributed by atoms with E-state index < -0.39 is 0 Å². The zero-order chi connectivity index (χ0) is 10.2. The SMILES string of the molecule is COC(=O)/C=C/NCC1CCCCO1. The van der Waals surface area contributed by atoms with Crippen LogP contribution in [0.4, 0.5) is 0 Å². The monoisotopic (exact) mass is 199 g/mol. The van der Waals surface area contributed by atoms with Crippen LogP contribution in [0, 0.1) is 0 Å². The summed E-state index contributed by atoms with van der Waals surface area (Å²) >= 11 is 0. The lowest BCUT2D eigenvalue weighted by Crippen LogP contribution is -2.29. The van der Waals surface area contributed by atoms with Gasteiger partial charge in [-0.25, -0.2) is 4.79 Å². The van der Waals surface area contributed by atoms with Crippen molar-refractivity contribution in [1.29, 1.82) is 0 Å². The molecule has 1 atom stereocenters. The fourth-order valence-corrected chi connectivity index (χ4v) is 1.36. The Morgan fingerprint density at radius 2 is 2.50 bits per heavy atom. The Morgan fingerprint density at radius 1 is 1.64 bits per heavy atom. The molecule has 1 unspecified atom stereocenters. The number of esters is 1. The fourth-order valence-electron chi connectivity index (χ4n) is 1.36. The number of carbonyl (C=O) groups is 1. The second-order valence-corrected chi connectivity index (χ2v) is 3.25. The smallest absolute Gasteiger partial charge is 0.331 e. The van der Waals surface area contributed by atoms with Gasteiger partial charge >= 0.3 is 5.97 Å². The van der Waals surface area contributed by atoms with Gasteiger partial charge in [-0.05, 0) is 19.3 Å². The van der Waals surface area contributed by atoms with E-state index >= 15 is 0 Å². The number of methoxy groups -OCH3 is 1. The van der Waals surface area contributed by atoms with Crippen molar-refractivity contribution >= 4 is 5.97 Å². The van der Waals surface area contributed by atoms with Crippen molar-refractivity contribution in [3.63, 3.8) is 0 Å². The first-order chi connectivity index (χ1) is 6.83. The number of hydrogen-bond acceptors (Lipinski definition) is 4. The van der Waals surface area contributed by atoms with E-state index in [2.05, 4.69) is 10.1 Å². The summed E-state index contributed by atoms with van der Waals surface area (Å²) in [5.41, 5.74) is 0. The maximum absolute atomic E-state index is 10.7. The summed E-state index contributed by atoms with van der Waals surface area (Å²) in [5.74, 6) is -0.345. The molecule has 0 aromatic carbocycles. The predicted octanol–water partition coefficient (Wildman–Crippen LogP) is 0.832. The molecule has 1 saturated heterocycles. The topological polar surface area (TPSA) is 47.6 Å². The largest absolute Gasteiger partial charge is 0.466 e. The molecule has 1 aliphatic heterocycles. The molecule has 80 valence electrons. The van der Waals surface area contributed by atoms with E-state index in [1.165, 1.54) is 19.6 Å². The van der Waals surface area contributed by atoms with Crippen molar-refractivity contribution in [3.8, 4) is 0 Å². The predicted molar refractivity (Wildman–Crippen MR) is 52.7 cm³/mol. The van der Waals surface area contributed by atoms with Gasteiger partial charge in [0.1, 0.15) is 0 Å². The van der Waals surface area contributed by atoms with E-state index in [-0.39, 0.29) is 12.1 Å². The number of nitrogens with one attached hydrogen (secondary N) is 1. The van der Waals surface area contributed by atoms with Crippen LogP contribution in [-0.4, -0.2) is 32.3 Å². The third-order valence-electron chi connectivity index (χ3n) is 2.16. The van der Waals surface area contributed by atoms with Crippen LogP contribution in [0.3, 0.4) is 0 Å². The highest BCUT2D eigenvalue weighted by Gasteiger charge is 2.11. The van der Waals surface area contributed by atoms with Crippen LogP contribution in [-0.2, 0) is 14.3 Å². The third kappa shape index (κ3) is 4.28. The van der Waals surface area contributed by atoms with Gasteiger partial charge in [-0.15, -0.1) is 0 Å². The van der Waals surface area contributed by atoms with Crippen molar-refractivity contribution in [2.75, 3.05) is 20.3 Å². The van der Waals surface area contributed by atoms with Gasteiger partial charge in [-0.3, -0.25) is 0 Å². The molecule has 0 aliphatic carbocycles. The Labute approximate surface area is 84.3 Å². The van der Waals surface area contributed by atoms with Crippen LogP contribution in [0.2, 0.25) is 0 Å². The highest BCUT2D eigenvalue weighted by Crippen LogP contribution is 2.11. The molecule has 0 spiro atoms. The van der Waals surface area contributed by atoms with Crippen molar-refractivity contribution in [2.24, 2.45) is 0 Å². The summed E-state index contributed by atoms with van der Waals surface area (Å²) in [6.45, 7) is 1.61. The Hall–Kier alpha value is -1.03. The minimum atomic E-state index is -0.345. The van der Waals surface area contributed by atoms with Crippen LogP contribution in [0.1, 0.15) is 19.3 Å². The molecule has 1 aliphatic rings. The Bertz CT molecular complexity index is 198. The number of rotatable bonds is 4. The van der Waals surface area contributed by atoms with Gasteiger partial charge in [0.15, 0.2) is 0 Å². The Kier molecular flexibility index (Phi) is 5.07. The van der Waals surface area contributed by atoms with E-state index in [4.69, 9.17) is 4.74 Å². The number of ether oxygens (including phenoxy) is 2. The maximum Gasteiger partial charge on any atom is 0.331 e. The first-order valence-electron chi connectivity index (χ1n) is 4.92. The van der Waals surface area contributed by atoms with Gasteiger partial charge in [0.2, 0.25) is 0 Å². The van der Waals surface area contributed by atoms with E-state index in [9.17, 15) is 4.79 Å². The van der Waals surface area contributed by atoms with Crippen molar-refractivity contribution in [3.05, 3.63) is 12.3 Å². The molecular weight excluding hydrogens is 182 g/mol. The number of hydrogen-bond donors (Lipinski definition) is 1. The van der Waals surface area contributed by atoms with E-state index in [0.29, 0.717) is 0 Å². The van der Waals surface area contributed by atoms with Gasteiger partial charge < -0.3 is 14.8 Å². The van der Waals surface area contributed by atoms with Crippen molar-refractivity contribution < 1.29 is 14.3 Å². The average molecular weight is 199 g/mol. The van der Waals surface area contributed by atoms with E-state index in [0.717, 1.165) is 26.0 Å². The molecule has 0 saturated carbocycles. The quantitative estimate of drug-likeness (QED) is 0.538. The molecule has 4 nitrogen and oxygen atoms in total. The summed E-state index contributed by atoms with van der Waals surface area (Å²) < 4.78 is 9.94. The first-order valence-corrected chi connectivity index (χ1v) is 4.92. The molecule has 1 heterocycles. The van der Waals surface area contributed by atoms with Crippen molar-refractivity contribution in [2.45, 2.75) is 25.4 Å². The maximum atomic E-state index is 10.7. The van der Waals surface area contributed by atoms with Crippen LogP contribution < -0.4 is 5.32 Å². The summed E-state index contributed by atoms with van der Waals surface area (Å²) in [6.07, 6.45) is 6.74. The van der Waals surface area contributed by atoms with E-state index in [1.807, 2.05) is 0 Å². The van der Waals surface area contributed by atoms with Crippen LogP contribution >= 0.6 is 0 Å². The summed E-state index contributed by atoms with van der Waals surface area (Å²) in [5, 5.41) is 3.01.